The van der Waals surface area contributed by atoms with Crippen LogP contribution in [0, 0.1) is 0 Å². The smallest absolute Gasteiger partial charge is 0.290 e. The molecule has 1 N–H and O–H groups in total. The molecule has 0 atom stereocenters. The number of hydrogen-bond acceptors (Lipinski definition) is 5. The zero-order chi connectivity index (χ0) is 18.6. The van der Waals surface area contributed by atoms with Crippen molar-refractivity contribution in [3.63, 3.8) is 0 Å². The van der Waals surface area contributed by atoms with E-state index in [1.165, 1.54) is 0 Å². The van der Waals surface area contributed by atoms with E-state index in [0.29, 0.717) is 47.2 Å². The minimum atomic E-state index is -2.94. The monoisotopic (exact) mass is 372 g/mol. The van der Waals surface area contributed by atoms with Gasteiger partial charge in [-0.3, -0.25) is 4.79 Å². The fraction of sp³-hybridized carbons (Fsp3) is 0.421. The Balaban J connectivity index is 1.66. The van der Waals surface area contributed by atoms with E-state index in [-0.39, 0.29) is 24.4 Å². The minimum absolute atomic E-state index is 0.164. The molecule has 3 aliphatic rings. The maximum atomic E-state index is 14.4. The third-order valence-electron chi connectivity index (χ3n) is 5.31. The van der Waals surface area contributed by atoms with Crippen molar-refractivity contribution in [2.75, 3.05) is 31.1 Å². The van der Waals surface area contributed by atoms with E-state index in [0.717, 1.165) is 19.5 Å². The van der Waals surface area contributed by atoms with Gasteiger partial charge in [0.05, 0.1) is 17.8 Å². The Morgan fingerprint density at radius 2 is 2.07 bits per heavy atom. The van der Waals surface area contributed by atoms with Gasteiger partial charge >= 0.3 is 0 Å². The van der Waals surface area contributed by atoms with E-state index in [9.17, 15) is 13.6 Å². The van der Waals surface area contributed by atoms with E-state index in [4.69, 9.17) is 4.74 Å². The quantitative estimate of drug-likeness (QED) is 0.878. The van der Waals surface area contributed by atoms with Gasteiger partial charge in [0.2, 0.25) is 5.95 Å². The lowest BCUT2D eigenvalue weighted by Crippen LogP contribution is -2.38. The van der Waals surface area contributed by atoms with Gasteiger partial charge in [-0.25, -0.2) is 9.97 Å². The summed E-state index contributed by atoms with van der Waals surface area (Å²) in [4.78, 5) is 22.8. The van der Waals surface area contributed by atoms with Crippen LogP contribution in [0.1, 0.15) is 34.5 Å². The van der Waals surface area contributed by atoms with Crippen molar-refractivity contribution in [2.45, 2.75) is 25.2 Å². The average Bonchev–Trinajstić information content (AvgIpc) is 2.79. The van der Waals surface area contributed by atoms with Crippen LogP contribution in [0.5, 0.6) is 5.75 Å². The zero-order valence-electron chi connectivity index (χ0n) is 14.6. The lowest BCUT2D eigenvalue weighted by atomic mass is 10.0. The van der Waals surface area contributed by atoms with Crippen LogP contribution >= 0.6 is 0 Å². The number of nitrogens with zero attached hydrogens (tertiary/aromatic N) is 3. The Morgan fingerprint density at radius 1 is 1.22 bits per heavy atom. The molecule has 0 spiro atoms. The standard InChI is InChI=1S/C19H18F2N4O2/c20-19(21)5-4-13-15(23-18(24-16(13)19)25-7-1-8-25)11-2-3-12-14(10-11)27-9-6-22-17(12)26/h2-3,10H,1,4-9H2,(H,22,26). The molecule has 8 heteroatoms. The van der Waals surface area contributed by atoms with Gasteiger partial charge in [0, 0.05) is 30.6 Å². The normalized spacial score (nSPS) is 20.1. The maximum absolute atomic E-state index is 14.4. The third kappa shape index (κ3) is 2.62. The predicted molar refractivity (Wildman–Crippen MR) is 94.3 cm³/mol. The molecular formula is C19H18F2N4O2. The number of amides is 1. The van der Waals surface area contributed by atoms with Crippen molar-refractivity contribution in [2.24, 2.45) is 0 Å². The Bertz CT molecular complexity index is 944. The molecule has 1 aromatic carbocycles. The van der Waals surface area contributed by atoms with Crippen molar-refractivity contribution in [1.82, 2.24) is 15.3 Å². The van der Waals surface area contributed by atoms with Crippen LogP contribution in [-0.2, 0) is 12.3 Å². The van der Waals surface area contributed by atoms with Crippen LogP contribution in [0.3, 0.4) is 0 Å². The first-order valence-electron chi connectivity index (χ1n) is 9.12. The second-order valence-electron chi connectivity index (χ2n) is 7.06. The van der Waals surface area contributed by atoms with Crippen molar-refractivity contribution in [3.05, 3.63) is 35.0 Å². The largest absolute Gasteiger partial charge is 0.491 e. The van der Waals surface area contributed by atoms with Crippen molar-refractivity contribution < 1.29 is 18.3 Å². The van der Waals surface area contributed by atoms with E-state index >= 15 is 0 Å². The molecule has 1 amide bonds. The molecule has 2 aliphatic heterocycles. The number of fused-ring (bicyclic) bond motifs is 2. The van der Waals surface area contributed by atoms with Gasteiger partial charge in [0.25, 0.3) is 11.8 Å². The van der Waals surface area contributed by atoms with Crippen molar-refractivity contribution in [1.29, 1.82) is 0 Å². The SMILES string of the molecule is O=C1NCCOc2cc(-c3nc(N4CCC4)nc4c3CCC4(F)F)ccc21. The Morgan fingerprint density at radius 3 is 2.85 bits per heavy atom. The molecule has 1 aliphatic carbocycles. The van der Waals surface area contributed by atoms with Gasteiger partial charge in [-0.15, -0.1) is 0 Å². The highest BCUT2D eigenvalue weighted by molar-refractivity contribution is 5.98. The molecule has 0 saturated carbocycles. The summed E-state index contributed by atoms with van der Waals surface area (Å²) in [6, 6.07) is 5.13. The van der Waals surface area contributed by atoms with Gasteiger partial charge in [0.15, 0.2) is 0 Å². The highest BCUT2D eigenvalue weighted by Crippen LogP contribution is 2.45. The fourth-order valence-electron chi connectivity index (χ4n) is 3.71. The Labute approximate surface area is 154 Å². The van der Waals surface area contributed by atoms with Crippen molar-refractivity contribution >= 4 is 11.9 Å². The number of benzene rings is 1. The van der Waals surface area contributed by atoms with E-state index in [1.54, 1.807) is 18.2 Å². The number of nitrogens with one attached hydrogen (secondary N) is 1. The second-order valence-corrected chi connectivity index (χ2v) is 7.06. The van der Waals surface area contributed by atoms with Gasteiger partial charge in [-0.05, 0) is 25.0 Å². The molecule has 0 bridgehead atoms. The Hall–Kier alpha value is -2.77. The third-order valence-corrected chi connectivity index (χ3v) is 5.31. The van der Waals surface area contributed by atoms with Crippen LogP contribution in [0.2, 0.25) is 0 Å². The first kappa shape index (κ1) is 16.4. The van der Waals surface area contributed by atoms with Gasteiger partial charge in [-0.2, -0.15) is 8.78 Å². The highest BCUT2D eigenvalue weighted by Gasteiger charge is 2.43. The molecule has 0 unspecified atom stereocenters. The molecule has 1 saturated heterocycles. The summed E-state index contributed by atoms with van der Waals surface area (Å²) < 4.78 is 34.4. The maximum Gasteiger partial charge on any atom is 0.290 e. The second kappa shape index (κ2) is 5.87. The number of hydrogen-bond donors (Lipinski definition) is 1. The molecule has 140 valence electrons. The first-order chi connectivity index (χ1) is 13.0. The molecule has 27 heavy (non-hydrogen) atoms. The predicted octanol–water partition coefficient (Wildman–Crippen LogP) is 2.51. The number of rotatable bonds is 2. The van der Waals surface area contributed by atoms with Crippen LogP contribution in [0.15, 0.2) is 18.2 Å². The number of halogens is 2. The molecular weight excluding hydrogens is 354 g/mol. The molecule has 6 nitrogen and oxygen atoms in total. The van der Waals surface area contributed by atoms with Gasteiger partial charge in [0.1, 0.15) is 18.1 Å². The topological polar surface area (TPSA) is 67.3 Å². The van der Waals surface area contributed by atoms with Crippen LogP contribution in [0.25, 0.3) is 11.3 Å². The number of alkyl halides is 2. The van der Waals surface area contributed by atoms with Crippen molar-refractivity contribution in [3.8, 4) is 17.0 Å². The summed E-state index contributed by atoms with van der Waals surface area (Å²) in [6.45, 7) is 2.34. The molecule has 3 heterocycles. The number of ether oxygens (including phenoxy) is 1. The lowest BCUT2D eigenvalue weighted by molar-refractivity contribution is -0.00593. The summed E-state index contributed by atoms with van der Waals surface area (Å²) in [6.07, 6.45) is 0.988. The summed E-state index contributed by atoms with van der Waals surface area (Å²) in [5, 5.41) is 2.76. The molecule has 2 aromatic rings. The molecule has 1 aromatic heterocycles. The first-order valence-corrected chi connectivity index (χ1v) is 9.12. The Kier molecular flexibility index (Phi) is 3.57. The molecule has 5 rings (SSSR count). The zero-order valence-corrected chi connectivity index (χ0v) is 14.6. The number of aromatic nitrogens is 2. The van der Waals surface area contributed by atoms with Crippen LogP contribution < -0.4 is 15.0 Å². The van der Waals surface area contributed by atoms with Crippen LogP contribution in [-0.4, -0.2) is 42.1 Å². The summed E-state index contributed by atoms with van der Waals surface area (Å²) in [5.74, 6) is -2.33. The number of anilines is 1. The average molecular weight is 372 g/mol. The van der Waals surface area contributed by atoms with Gasteiger partial charge in [-0.1, -0.05) is 6.07 Å². The van der Waals surface area contributed by atoms with Crippen LogP contribution in [0.4, 0.5) is 14.7 Å². The summed E-state index contributed by atoms with van der Waals surface area (Å²) in [5.41, 5.74) is 1.94. The summed E-state index contributed by atoms with van der Waals surface area (Å²) in [7, 11) is 0. The highest BCUT2D eigenvalue weighted by atomic mass is 19.3. The van der Waals surface area contributed by atoms with E-state index in [2.05, 4.69) is 15.3 Å². The summed E-state index contributed by atoms with van der Waals surface area (Å²) >= 11 is 0. The minimum Gasteiger partial charge on any atom is -0.491 e. The van der Waals surface area contributed by atoms with E-state index < -0.39 is 5.92 Å². The molecule has 0 radical (unpaired) electrons. The fourth-order valence-corrected chi connectivity index (χ4v) is 3.71. The van der Waals surface area contributed by atoms with Gasteiger partial charge < -0.3 is 15.0 Å². The van der Waals surface area contributed by atoms with E-state index in [1.807, 2.05) is 4.90 Å². The number of carbonyl (C=O) groups excluding carboxylic acids is 1. The lowest BCUT2D eigenvalue weighted by Gasteiger charge is -2.31. The molecule has 1 fully saturated rings. The number of carbonyl (C=O) groups is 1.